The molecule has 0 aliphatic carbocycles. The van der Waals surface area contributed by atoms with Gasteiger partial charge in [0.25, 0.3) is 5.56 Å². The van der Waals surface area contributed by atoms with Gasteiger partial charge in [-0.05, 0) is 0 Å². The zero-order valence-corrected chi connectivity index (χ0v) is 23.5. The molecule has 2 aliphatic rings. The van der Waals surface area contributed by atoms with Gasteiger partial charge in [-0.1, -0.05) is 0 Å². The number of hydrogen-bond acceptors (Lipinski definition) is 15. The average molecular weight is 642 g/mol. The molecule has 230 valence electrons. The third-order valence-corrected chi connectivity index (χ3v) is 8.03. The van der Waals surface area contributed by atoms with Crippen molar-refractivity contribution in [3.05, 3.63) is 41.4 Å². The summed E-state index contributed by atoms with van der Waals surface area (Å²) in [7, 11) is -9.54. The molecule has 2 unspecified atom stereocenters. The smallest absolute Gasteiger partial charge is 0.471 e. The molecule has 0 bridgehead atoms. The summed E-state index contributed by atoms with van der Waals surface area (Å²) in [6, 6.07) is 0. The summed E-state index contributed by atoms with van der Waals surface area (Å²) >= 11 is 0. The lowest BCUT2D eigenvalue weighted by molar-refractivity contribution is -0.00396. The van der Waals surface area contributed by atoms with Crippen molar-refractivity contribution in [2.24, 2.45) is 0 Å². The lowest BCUT2D eigenvalue weighted by Crippen LogP contribution is -2.34. The third kappa shape index (κ3) is 6.15. The number of nitrogens with two attached hydrogens (primary N) is 2. The van der Waals surface area contributed by atoms with Gasteiger partial charge in [-0.3, -0.25) is 28.3 Å². The second kappa shape index (κ2) is 10.8. The fourth-order valence-electron chi connectivity index (χ4n) is 4.77. The van der Waals surface area contributed by atoms with E-state index in [0.717, 1.165) is 6.26 Å². The molecule has 43 heavy (non-hydrogen) atoms. The number of rotatable bonds is 9. The van der Waals surface area contributed by atoms with Crippen LogP contribution in [0.2, 0.25) is 0 Å². The number of fused-ring (bicyclic) bond motifs is 2. The topological polar surface area (TPSA) is 300 Å². The number of imidazole rings is 2. The second-order valence-corrected chi connectivity index (χ2v) is 12.1. The standard InChI is InChI=1S/C20H24N11O10PS/c21-16-14-17(24-6-23-16)31(8-26-14)13-2-1-9(39-13)5-38-42(33,34)41-10-3-12(29-43(35,36)37)40-11(10)4-30-7-25-15-18(30)27-20(22)28-19(15)32/h5-8,10-13,29H,1-4H2,(H,33,34)(H2,21,23,24)(H,35,36,37)(H3,22,27,28,32)/b9-5+/t10-,11+,12?,13-/m1/s1. The lowest BCUT2D eigenvalue weighted by atomic mass is 10.2. The number of ether oxygens (including phenoxy) is 2. The first-order chi connectivity index (χ1) is 20.3. The number of phosphoric ester groups is 1. The predicted molar refractivity (Wildman–Crippen MR) is 143 cm³/mol. The van der Waals surface area contributed by atoms with Crippen LogP contribution in [0.25, 0.3) is 22.3 Å². The molecule has 2 saturated heterocycles. The summed E-state index contributed by atoms with van der Waals surface area (Å²) in [4.78, 5) is 45.2. The number of aromatic nitrogens is 8. The van der Waals surface area contributed by atoms with Crippen LogP contribution in [0.15, 0.2) is 35.8 Å². The highest BCUT2D eigenvalue weighted by Crippen LogP contribution is 2.48. The molecule has 6 rings (SSSR count). The van der Waals surface area contributed by atoms with E-state index in [1.165, 1.54) is 23.5 Å². The van der Waals surface area contributed by atoms with E-state index in [-0.39, 0.29) is 41.7 Å². The number of nitrogens with one attached hydrogen (secondary N) is 2. The van der Waals surface area contributed by atoms with E-state index in [9.17, 15) is 27.2 Å². The molecule has 0 aromatic carbocycles. The van der Waals surface area contributed by atoms with Gasteiger partial charge in [0.15, 0.2) is 28.9 Å². The van der Waals surface area contributed by atoms with Crippen molar-refractivity contribution in [1.82, 2.24) is 43.8 Å². The van der Waals surface area contributed by atoms with Crippen LogP contribution in [0, 0.1) is 0 Å². The first-order valence-electron chi connectivity index (χ1n) is 12.4. The van der Waals surface area contributed by atoms with E-state index in [1.807, 2.05) is 4.72 Å². The van der Waals surface area contributed by atoms with Gasteiger partial charge < -0.3 is 30.0 Å². The van der Waals surface area contributed by atoms with E-state index in [4.69, 9.17) is 30.0 Å². The van der Waals surface area contributed by atoms with Gasteiger partial charge in [0, 0.05) is 19.3 Å². The van der Waals surface area contributed by atoms with E-state index in [1.54, 1.807) is 4.57 Å². The van der Waals surface area contributed by atoms with Crippen molar-refractivity contribution in [1.29, 1.82) is 0 Å². The number of phosphoric acid groups is 1. The zero-order chi connectivity index (χ0) is 30.5. The molecule has 0 radical (unpaired) electrons. The molecule has 2 fully saturated rings. The molecule has 5 atom stereocenters. The van der Waals surface area contributed by atoms with Crippen LogP contribution in [-0.4, -0.2) is 75.3 Å². The van der Waals surface area contributed by atoms with Crippen molar-refractivity contribution < 1.29 is 41.0 Å². The van der Waals surface area contributed by atoms with Crippen molar-refractivity contribution >= 4 is 52.2 Å². The zero-order valence-electron chi connectivity index (χ0n) is 21.7. The summed E-state index contributed by atoms with van der Waals surface area (Å²) in [6.45, 7) is -0.167. The van der Waals surface area contributed by atoms with E-state index >= 15 is 0 Å². The Morgan fingerprint density at radius 1 is 1.21 bits per heavy atom. The van der Waals surface area contributed by atoms with Crippen LogP contribution >= 0.6 is 7.82 Å². The maximum Gasteiger partial charge on any atom is 0.527 e. The van der Waals surface area contributed by atoms with E-state index in [0.29, 0.717) is 24.0 Å². The average Bonchev–Trinajstić information content (AvgIpc) is 3.69. The van der Waals surface area contributed by atoms with E-state index in [2.05, 4.69) is 29.9 Å². The quantitative estimate of drug-likeness (QED) is 0.0746. The Bertz CT molecular complexity index is 1940. The number of nitrogen functional groups attached to an aromatic ring is 2. The van der Waals surface area contributed by atoms with Crippen LogP contribution in [0.1, 0.15) is 25.5 Å². The van der Waals surface area contributed by atoms with Crippen LogP contribution in [0.5, 0.6) is 0 Å². The molecular formula is C20H24N11O10PS. The monoisotopic (exact) mass is 641 g/mol. The van der Waals surface area contributed by atoms with Gasteiger partial charge in [0.05, 0.1) is 12.9 Å². The Morgan fingerprint density at radius 2 is 2.00 bits per heavy atom. The number of H-pyrrole nitrogens is 1. The fourth-order valence-corrected chi connectivity index (χ4v) is 6.12. The number of anilines is 2. The Kier molecular flexibility index (Phi) is 7.28. The predicted octanol–water partition coefficient (Wildman–Crippen LogP) is -0.716. The minimum absolute atomic E-state index is 0.0328. The highest BCUT2D eigenvalue weighted by Gasteiger charge is 2.43. The number of hydrogen-bond donors (Lipinski definition) is 6. The molecule has 4 aromatic heterocycles. The number of nitrogens with zero attached hydrogens (tertiary/aromatic N) is 7. The molecule has 0 amide bonds. The molecule has 0 saturated carbocycles. The third-order valence-electron chi connectivity index (χ3n) is 6.56. The number of allylic oxidation sites excluding steroid dienone is 1. The first kappa shape index (κ1) is 28.9. The van der Waals surface area contributed by atoms with Crippen LogP contribution in [0.4, 0.5) is 11.8 Å². The highest BCUT2D eigenvalue weighted by atomic mass is 32.2. The summed E-state index contributed by atoms with van der Waals surface area (Å²) < 4.78 is 71.6. The van der Waals surface area contributed by atoms with Crippen LogP contribution in [0.3, 0.4) is 0 Å². The Labute approximate surface area is 240 Å². The minimum Gasteiger partial charge on any atom is -0.471 e. The normalized spacial score (nSPS) is 24.9. The van der Waals surface area contributed by atoms with Crippen molar-refractivity contribution in [2.75, 3.05) is 11.5 Å². The molecule has 2 aliphatic heterocycles. The first-order valence-corrected chi connectivity index (χ1v) is 15.4. The maximum absolute atomic E-state index is 12.9. The molecule has 21 nitrogen and oxygen atoms in total. The van der Waals surface area contributed by atoms with Gasteiger partial charge in [0.2, 0.25) is 5.95 Å². The van der Waals surface area contributed by atoms with Crippen LogP contribution in [-0.2, 0) is 39.9 Å². The molecule has 4 aromatic rings. The van der Waals surface area contributed by atoms with Gasteiger partial charge in [-0.2, -0.15) is 18.1 Å². The molecule has 23 heteroatoms. The Hall–Kier alpha value is -4.18. The Morgan fingerprint density at radius 3 is 2.79 bits per heavy atom. The van der Waals surface area contributed by atoms with Crippen molar-refractivity contribution in [2.45, 2.75) is 50.5 Å². The van der Waals surface area contributed by atoms with Crippen molar-refractivity contribution in [3.8, 4) is 0 Å². The minimum atomic E-state index is -4.84. The summed E-state index contributed by atoms with van der Waals surface area (Å²) in [5, 5.41) is 0. The van der Waals surface area contributed by atoms with Gasteiger partial charge in [-0.25, -0.2) is 24.5 Å². The summed E-state index contributed by atoms with van der Waals surface area (Å²) in [5.41, 5.74) is 11.8. The lowest BCUT2D eigenvalue weighted by Gasteiger charge is -2.21. The molecular weight excluding hydrogens is 617 g/mol. The van der Waals surface area contributed by atoms with Crippen molar-refractivity contribution in [3.63, 3.8) is 0 Å². The fraction of sp³-hybridized carbons (Fsp3) is 0.400. The van der Waals surface area contributed by atoms with Gasteiger partial charge in [0.1, 0.15) is 48.6 Å². The molecule has 8 N–H and O–H groups in total. The SMILES string of the molecule is Nc1nc2c(ncn2C[C@@H]2OC(NS(=O)(=O)O)C[C@H]2OP(=O)(O)O/C=C2\CC[C@H](n3cnc4c(N)ncnc43)O2)c(=O)[nH]1. The maximum atomic E-state index is 12.9. The Balaban J connectivity index is 1.16. The number of aromatic amines is 1. The highest BCUT2D eigenvalue weighted by molar-refractivity contribution is 7.83. The molecule has 0 spiro atoms. The second-order valence-electron chi connectivity index (χ2n) is 9.51. The van der Waals surface area contributed by atoms with E-state index < -0.39 is 48.3 Å². The largest absolute Gasteiger partial charge is 0.527 e. The summed E-state index contributed by atoms with van der Waals surface area (Å²) in [5.74, 6) is 0.259. The van der Waals surface area contributed by atoms with Gasteiger partial charge >= 0.3 is 18.1 Å². The van der Waals surface area contributed by atoms with Gasteiger partial charge in [-0.15, -0.1) is 0 Å². The molecule has 6 heterocycles. The summed E-state index contributed by atoms with van der Waals surface area (Å²) in [6.07, 6.45) is 1.26. The van der Waals surface area contributed by atoms with Crippen LogP contribution < -0.4 is 21.7 Å².